The van der Waals surface area contributed by atoms with E-state index in [1.807, 2.05) is 26.0 Å². The molecule has 84 valence electrons. The smallest absolute Gasteiger partial charge is 0.0574 e. The maximum atomic E-state index is 11.9. The predicted octanol–water partition coefficient (Wildman–Crippen LogP) is 2.43. The number of halogens is 1. The fraction of sp³-hybridized carbons (Fsp3) is 0.455. The molecule has 0 saturated carbocycles. The molecule has 4 heteroatoms. The molecule has 2 N–H and O–H groups in total. The van der Waals surface area contributed by atoms with Crippen molar-refractivity contribution in [3.05, 3.63) is 29.3 Å². The molecule has 2 nitrogen and oxygen atoms in total. The summed E-state index contributed by atoms with van der Waals surface area (Å²) in [4.78, 5) is 0.676. The molecule has 0 aliphatic carbocycles. The Bertz CT molecular complexity index is 354. The monoisotopic (exact) mass is 245 g/mol. The van der Waals surface area contributed by atoms with Crippen LogP contribution >= 0.6 is 11.6 Å². The van der Waals surface area contributed by atoms with Crippen LogP contribution in [0.2, 0.25) is 5.02 Å². The Morgan fingerprint density at radius 2 is 2.00 bits per heavy atom. The maximum Gasteiger partial charge on any atom is 0.0574 e. The molecule has 1 rings (SSSR count). The van der Waals surface area contributed by atoms with Crippen LogP contribution in [0.1, 0.15) is 13.8 Å². The molecule has 0 spiro atoms. The predicted molar refractivity (Wildman–Crippen MR) is 65.5 cm³/mol. The first-order chi connectivity index (χ1) is 7.02. The van der Waals surface area contributed by atoms with Crippen molar-refractivity contribution in [1.82, 2.24) is 0 Å². The molecule has 2 atom stereocenters. The van der Waals surface area contributed by atoms with Crippen molar-refractivity contribution in [2.45, 2.75) is 24.8 Å². The summed E-state index contributed by atoms with van der Waals surface area (Å²) in [7, 11) is -1.10. The van der Waals surface area contributed by atoms with Crippen molar-refractivity contribution in [3.8, 4) is 0 Å². The van der Waals surface area contributed by atoms with E-state index in [1.54, 1.807) is 12.1 Å². The second-order valence-corrected chi connectivity index (χ2v) is 5.72. The van der Waals surface area contributed by atoms with Gasteiger partial charge in [-0.2, -0.15) is 0 Å². The van der Waals surface area contributed by atoms with Gasteiger partial charge < -0.3 is 5.73 Å². The molecule has 0 aromatic heterocycles. The van der Waals surface area contributed by atoms with Gasteiger partial charge in [0.2, 0.25) is 0 Å². The minimum Gasteiger partial charge on any atom is -0.327 e. The third kappa shape index (κ3) is 3.59. The van der Waals surface area contributed by atoms with Gasteiger partial charge in [0.25, 0.3) is 0 Å². The van der Waals surface area contributed by atoms with Gasteiger partial charge in [-0.05, 0) is 18.1 Å². The fourth-order valence-electron chi connectivity index (χ4n) is 1.09. The summed E-state index contributed by atoms with van der Waals surface area (Å²) in [5, 5.41) is 0.548. The number of benzene rings is 1. The lowest BCUT2D eigenvalue weighted by Gasteiger charge is -2.15. The van der Waals surface area contributed by atoms with Crippen LogP contribution in [0.25, 0.3) is 0 Å². The topological polar surface area (TPSA) is 43.1 Å². The molecule has 2 unspecified atom stereocenters. The summed E-state index contributed by atoms with van der Waals surface area (Å²) in [6.07, 6.45) is 0. The summed E-state index contributed by atoms with van der Waals surface area (Å²) in [5.41, 5.74) is 5.87. The Morgan fingerprint density at radius 3 is 2.53 bits per heavy atom. The lowest BCUT2D eigenvalue weighted by Crippen LogP contribution is -2.32. The SMILES string of the molecule is CC(C)C(N)CS(=O)c1ccccc1Cl. The van der Waals surface area contributed by atoms with Crippen molar-refractivity contribution in [2.24, 2.45) is 11.7 Å². The first-order valence-corrected chi connectivity index (χ1v) is 6.60. The molecule has 0 bridgehead atoms. The van der Waals surface area contributed by atoms with Crippen LogP contribution in [0.4, 0.5) is 0 Å². The lowest BCUT2D eigenvalue weighted by molar-refractivity contribution is 0.530. The standard InChI is InChI=1S/C11H16ClNOS/c1-8(2)10(13)7-15(14)11-6-4-3-5-9(11)12/h3-6,8,10H,7,13H2,1-2H3. The van der Waals surface area contributed by atoms with Gasteiger partial charge >= 0.3 is 0 Å². The van der Waals surface area contributed by atoms with Crippen molar-refractivity contribution < 1.29 is 4.21 Å². The van der Waals surface area contributed by atoms with Gasteiger partial charge in [0.15, 0.2) is 0 Å². The Balaban J connectivity index is 2.74. The molecular weight excluding hydrogens is 230 g/mol. The van der Waals surface area contributed by atoms with Crippen LogP contribution in [0.3, 0.4) is 0 Å². The van der Waals surface area contributed by atoms with Crippen LogP contribution in [-0.2, 0) is 10.8 Å². The van der Waals surface area contributed by atoms with Gasteiger partial charge in [0.1, 0.15) is 0 Å². The van der Waals surface area contributed by atoms with Crippen molar-refractivity contribution in [3.63, 3.8) is 0 Å². The van der Waals surface area contributed by atoms with Gasteiger partial charge in [-0.15, -0.1) is 0 Å². The van der Waals surface area contributed by atoms with E-state index in [4.69, 9.17) is 17.3 Å². The third-order valence-electron chi connectivity index (χ3n) is 2.28. The van der Waals surface area contributed by atoms with Crippen LogP contribution in [0.5, 0.6) is 0 Å². The molecule has 0 fully saturated rings. The molecule has 0 radical (unpaired) electrons. The van der Waals surface area contributed by atoms with Crippen LogP contribution in [0.15, 0.2) is 29.2 Å². The summed E-state index contributed by atoms with van der Waals surface area (Å²) in [6, 6.07) is 7.13. The number of nitrogens with two attached hydrogens (primary N) is 1. The number of hydrogen-bond donors (Lipinski definition) is 1. The van der Waals surface area contributed by atoms with E-state index in [0.29, 0.717) is 21.6 Å². The summed E-state index contributed by atoms with van der Waals surface area (Å²) < 4.78 is 11.9. The summed E-state index contributed by atoms with van der Waals surface area (Å²) in [6.45, 7) is 4.04. The van der Waals surface area contributed by atoms with Gasteiger partial charge in [-0.1, -0.05) is 37.6 Å². The van der Waals surface area contributed by atoms with E-state index in [9.17, 15) is 4.21 Å². The minimum absolute atomic E-state index is 0.0536. The third-order valence-corrected chi connectivity index (χ3v) is 4.26. The largest absolute Gasteiger partial charge is 0.327 e. The van der Waals surface area contributed by atoms with Gasteiger partial charge in [-0.25, -0.2) is 0 Å². The molecule has 15 heavy (non-hydrogen) atoms. The fourth-order valence-corrected chi connectivity index (χ4v) is 2.91. The first kappa shape index (κ1) is 12.7. The lowest BCUT2D eigenvalue weighted by atomic mass is 10.1. The van der Waals surface area contributed by atoms with Crippen molar-refractivity contribution >= 4 is 22.4 Å². The Kier molecular flexibility index (Phi) is 4.77. The van der Waals surface area contributed by atoms with Crippen molar-refractivity contribution in [1.29, 1.82) is 0 Å². The summed E-state index contributed by atoms with van der Waals surface area (Å²) >= 11 is 5.95. The number of rotatable bonds is 4. The van der Waals surface area contributed by atoms with Gasteiger partial charge in [0.05, 0.1) is 20.7 Å². The average molecular weight is 246 g/mol. The summed E-state index contributed by atoms with van der Waals surface area (Å²) in [5.74, 6) is 0.790. The molecule has 0 aliphatic heterocycles. The second kappa shape index (κ2) is 5.64. The zero-order chi connectivity index (χ0) is 11.4. The zero-order valence-corrected chi connectivity index (χ0v) is 10.5. The van der Waals surface area contributed by atoms with E-state index in [1.165, 1.54) is 0 Å². The van der Waals surface area contributed by atoms with Crippen LogP contribution in [0, 0.1) is 5.92 Å². The quantitative estimate of drug-likeness (QED) is 0.886. The Hall–Kier alpha value is -0.380. The molecule has 0 saturated heterocycles. The first-order valence-electron chi connectivity index (χ1n) is 4.91. The second-order valence-electron chi connectivity index (χ2n) is 3.85. The van der Waals surface area contributed by atoms with E-state index in [2.05, 4.69) is 0 Å². The molecule has 0 heterocycles. The normalized spacial score (nSPS) is 15.3. The highest BCUT2D eigenvalue weighted by atomic mass is 35.5. The van der Waals surface area contributed by atoms with Crippen LogP contribution < -0.4 is 5.73 Å². The maximum absolute atomic E-state index is 11.9. The number of hydrogen-bond acceptors (Lipinski definition) is 2. The Labute approximate surface area is 98.3 Å². The highest BCUT2D eigenvalue weighted by Crippen LogP contribution is 2.19. The average Bonchev–Trinajstić information content (AvgIpc) is 2.18. The van der Waals surface area contributed by atoms with E-state index in [0.717, 1.165) is 0 Å². The van der Waals surface area contributed by atoms with E-state index >= 15 is 0 Å². The Morgan fingerprint density at radius 1 is 1.40 bits per heavy atom. The van der Waals surface area contributed by atoms with Gasteiger partial charge in [-0.3, -0.25) is 4.21 Å². The molecular formula is C11H16ClNOS. The molecule has 0 aliphatic rings. The minimum atomic E-state index is -1.10. The van der Waals surface area contributed by atoms with Crippen LogP contribution in [-0.4, -0.2) is 16.0 Å². The van der Waals surface area contributed by atoms with E-state index in [-0.39, 0.29) is 6.04 Å². The zero-order valence-electron chi connectivity index (χ0n) is 8.94. The van der Waals surface area contributed by atoms with E-state index < -0.39 is 10.8 Å². The molecule has 1 aromatic rings. The highest BCUT2D eigenvalue weighted by molar-refractivity contribution is 7.85. The molecule has 1 aromatic carbocycles. The van der Waals surface area contributed by atoms with Crippen molar-refractivity contribution in [2.75, 3.05) is 5.75 Å². The van der Waals surface area contributed by atoms with Gasteiger partial charge in [0, 0.05) is 11.8 Å². The highest BCUT2D eigenvalue weighted by Gasteiger charge is 2.14. The molecule has 0 amide bonds.